The van der Waals surface area contributed by atoms with Gasteiger partial charge >= 0.3 is 0 Å². The molecule has 1 aliphatic rings. The second-order valence-corrected chi connectivity index (χ2v) is 7.35. The second kappa shape index (κ2) is 9.58. The molecule has 0 saturated carbocycles. The molecule has 1 fully saturated rings. The largest absolute Gasteiger partial charge is 0.336 e. The van der Waals surface area contributed by atoms with Crippen molar-refractivity contribution in [2.75, 3.05) is 44.3 Å². The molecule has 2 amide bonds. The van der Waals surface area contributed by atoms with Gasteiger partial charge in [0.1, 0.15) is 0 Å². The normalized spacial score (nSPS) is 14.8. The summed E-state index contributed by atoms with van der Waals surface area (Å²) in [5.74, 6) is 0.112. The highest BCUT2D eigenvalue weighted by atomic mass is 32.2. The summed E-state index contributed by atoms with van der Waals surface area (Å²) in [6, 6.07) is 17.2. The van der Waals surface area contributed by atoms with Gasteiger partial charge in [0.05, 0.1) is 5.69 Å². The summed E-state index contributed by atoms with van der Waals surface area (Å²) >= 11 is 1.62. The number of rotatable bonds is 6. The summed E-state index contributed by atoms with van der Waals surface area (Å²) in [5, 5.41) is 3.00. The molecule has 27 heavy (non-hydrogen) atoms. The van der Waals surface area contributed by atoms with E-state index in [9.17, 15) is 9.59 Å². The molecule has 0 spiro atoms. The first-order valence-corrected chi connectivity index (χ1v) is 10.4. The van der Waals surface area contributed by atoms with Crippen molar-refractivity contribution >= 4 is 29.3 Å². The lowest BCUT2D eigenvalue weighted by atomic mass is 10.2. The van der Waals surface area contributed by atoms with Crippen molar-refractivity contribution < 1.29 is 9.59 Å². The number of anilines is 1. The van der Waals surface area contributed by atoms with Crippen LogP contribution in [0.15, 0.2) is 59.5 Å². The molecule has 6 heteroatoms. The number of para-hydroxylation sites is 1. The van der Waals surface area contributed by atoms with Crippen molar-refractivity contribution in [3.8, 4) is 0 Å². The number of nitrogens with zero attached hydrogens (tertiary/aromatic N) is 2. The van der Waals surface area contributed by atoms with E-state index >= 15 is 0 Å². The second-order valence-electron chi connectivity index (χ2n) is 6.50. The van der Waals surface area contributed by atoms with Crippen LogP contribution in [0.5, 0.6) is 0 Å². The molecule has 0 radical (unpaired) electrons. The van der Waals surface area contributed by atoms with Crippen LogP contribution in [0.2, 0.25) is 0 Å². The van der Waals surface area contributed by atoms with Crippen LogP contribution in [0.25, 0.3) is 0 Å². The molecule has 142 valence electrons. The van der Waals surface area contributed by atoms with Crippen LogP contribution in [0.1, 0.15) is 16.8 Å². The Bertz CT molecular complexity index is 774. The number of thioether (sulfide) groups is 1. The van der Waals surface area contributed by atoms with Crippen molar-refractivity contribution in [1.82, 2.24) is 9.80 Å². The number of nitrogens with one attached hydrogen (secondary N) is 1. The van der Waals surface area contributed by atoms with Gasteiger partial charge in [0.15, 0.2) is 0 Å². The maximum atomic E-state index is 12.5. The zero-order chi connectivity index (χ0) is 19.1. The van der Waals surface area contributed by atoms with Gasteiger partial charge in [-0.05, 0) is 30.5 Å². The fraction of sp³-hybridized carbons (Fsp3) is 0.333. The van der Waals surface area contributed by atoms with Crippen molar-refractivity contribution in [3.05, 3.63) is 60.2 Å². The predicted molar refractivity (Wildman–Crippen MR) is 110 cm³/mol. The Hall–Kier alpha value is -2.31. The fourth-order valence-electron chi connectivity index (χ4n) is 3.16. The first-order chi connectivity index (χ1) is 13.2. The number of benzene rings is 2. The Labute approximate surface area is 164 Å². The minimum Gasteiger partial charge on any atom is -0.336 e. The Morgan fingerprint density at radius 1 is 0.963 bits per heavy atom. The topological polar surface area (TPSA) is 52.7 Å². The van der Waals surface area contributed by atoms with Crippen molar-refractivity contribution in [1.29, 1.82) is 0 Å². The van der Waals surface area contributed by atoms with E-state index in [1.54, 1.807) is 11.8 Å². The third-order valence-electron chi connectivity index (χ3n) is 4.72. The summed E-state index contributed by atoms with van der Waals surface area (Å²) in [5.41, 5.74) is 1.60. The summed E-state index contributed by atoms with van der Waals surface area (Å²) in [7, 11) is 0. The zero-order valence-electron chi connectivity index (χ0n) is 15.6. The molecule has 0 aromatic heterocycles. The number of hydrogen-bond donors (Lipinski definition) is 1. The van der Waals surface area contributed by atoms with Crippen LogP contribution in [-0.2, 0) is 4.79 Å². The van der Waals surface area contributed by atoms with E-state index in [-0.39, 0.29) is 11.8 Å². The number of carbonyl (C=O) groups is 2. The van der Waals surface area contributed by atoms with Crippen LogP contribution >= 0.6 is 11.8 Å². The Morgan fingerprint density at radius 3 is 2.33 bits per heavy atom. The van der Waals surface area contributed by atoms with Gasteiger partial charge in [0, 0.05) is 49.6 Å². The molecular formula is C21H25N3O2S. The van der Waals surface area contributed by atoms with E-state index in [1.807, 2.05) is 65.8 Å². The molecule has 1 heterocycles. The van der Waals surface area contributed by atoms with Crippen LogP contribution in [-0.4, -0.2) is 60.6 Å². The maximum Gasteiger partial charge on any atom is 0.253 e. The molecule has 0 atom stereocenters. The van der Waals surface area contributed by atoms with E-state index in [1.165, 1.54) is 0 Å². The van der Waals surface area contributed by atoms with E-state index in [0.717, 1.165) is 29.2 Å². The van der Waals surface area contributed by atoms with E-state index < -0.39 is 0 Å². The standard InChI is InChI=1S/C21H25N3O2S/c1-27-19-10-6-5-9-18(19)22-20(25)11-12-23-13-15-24(16-14-23)21(26)17-7-3-2-4-8-17/h2-10H,11-16H2,1H3,(H,22,25). The van der Waals surface area contributed by atoms with E-state index in [0.29, 0.717) is 26.1 Å². The fourth-order valence-corrected chi connectivity index (χ4v) is 3.71. The van der Waals surface area contributed by atoms with Crippen LogP contribution in [0.4, 0.5) is 5.69 Å². The van der Waals surface area contributed by atoms with Gasteiger partial charge in [-0.1, -0.05) is 30.3 Å². The minimum atomic E-state index is 0.0271. The molecule has 3 rings (SSSR count). The minimum absolute atomic E-state index is 0.0271. The Kier molecular flexibility index (Phi) is 6.90. The first kappa shape index (κ1) is 19.5. The Balaban J connectivity index is 1.43. The summed E-state index contributed by atoms with van der Waals surface area (Å²) < 4.78 is 0. The molecule has 1 saturated heterocycles. The average Bonchev–Trinajstić information content (AvgIpc) is 2.73. The van der Waals surface area contributed by atoms with Gasteiger partial charge in [-0.15, -0.1) is 11.8 Å². The third-order valence-corrected chi connectivity index (χ3v) is 5.51. The van der Waals surface area contributed by atoms with Crippen molar-refractivity contribution in [3.63, 3.8) is 0 Å². The molecule has 2 aromatic carbocycles. The zero-order valence-corrected chi connectivity index (χ0v) is 16.4. The Morgan fingerprint density at radius 2 is 1.63 bits per heavy atom. The van der Waals surface area contributed by atoms with Crippen molar-refractivity contribution in [2.45, 2.75) is 11.3 Å². The van der Waals surface area contributed by atoms with Crippen LogP contribution in [0, 0.1) is 0 Å². The molecule has 0 bridgehead atoms. The monoisotopic (exact) mass is 383 g/mol. The van der Waals surface area contributed by atoms with Gasteiger partial charge in [-0.25, -0.2) is 0 Å². The number of hydrogen-bond acceptors (Lipinski definition) is 4. The lowest BCUT2D eigenvalue weighted by molar-refractivity contribution is -0.116. The van der Waals surface area contributed by atoms with Crippen molar-refractivity contribution in [2.24, 2.45) is 0 Å². The molecular weight excluding hydrogens is 358 g/mol. The molecule has 0 unspecified atom stereocenters. The third kappa shape index (κ3) is 5.34. The first-order valence-electron chi connectivity index (χ1n) is 9.17. The van der Waals surface area contributed by atoms with Crippen LogP contribution < -0.4 is 5.32 Å². The lowest BCUT2D eigenvalue weighted by Crippen LogP contribution is -2.49. The molecule has 0 aliphatic carbocycles. The number of carbonyl (C=O) groups excluding carboxylic acids is 2. The highest BCUT2D eigenvalue weighted by molar-refractivity contribution is 7.98. The lowest BCUT2D eigenvalue weighted by Gasteiger charge is -2.34. The van der Waals surface area contributed by atoms with E-state index in [4.69, 9.17) is 0 Å². The summed E-state index contributed by atoms with van der Waals surface area (Å²) in [4.78, 5) is 29.9. The maximum absolute atomic E-state index is 12.5. The van der Waals surface area contributed by atoms with Gasteiger partial charge in [-0.3, -0.25) is 14.5 Å². The van der Waals surface area contributed by atoms with Gasteiger partial charge in [0.25, 0.3) is 5.91 Å². The average molecular weight is 384 g/mol. The van der Waals surface area contributed by atoms with Gasteiger partial charge in [-0.2, -0.15) is 0 Å². The number of amides is 2. The molecule has 2 aromatic rings. The quantitative estimate of drug-likeness (QED) is 0.779. The number of piperazine rings is 1. The highest BCUT2D eigenvalue weighted by Gasteiger charge is 2.22. The molecule has 5 nitrogen and oxygen atoms in total. The molecule has 1 N–H and O–H groups in total. The molecule has 1 aliphatic heterocycles. The summed E-state index contributed by atoms with van der Waals surface area (Å²) in [6.07, 6.45) is 2.45. The summed E-state index contributed by atoms with van der Waals surface area (Å²) in [6.45, 7) is 3.70. The van der Waals surface area contributed by atoms with Gasteiger partial charge in [0.2, 0.25) is 5.91 Å². The SMILES string of the molecule is CSc1ccccc1NC(=O)CCN1CCN(C(=O)c2ccccc2)CC1. The highest BCUT2D eigenvalue weighted by Crippen LogP contribution is 2.24. The predicted octanol–water partition coefficient (Wildman–Crippen LogP) is 3.20. The van der Waals surface area contributed by atoms with Gasteiger partial charge < -0.3 is 10.2 Å². The smallest absolute Gasteiger partial charge is 0.253 e. The van der Waals surface area contributed by atoms with Crippen LogP contribution in [0.3, 0.4) is 0 Å². The van der Waals surface area contributed by atoms with E-state index in [2.05, 4.69) is 10.2 Å².